The van der Waals surface area contributed by atoms with E-state index in [4.69, 9.17) is 35.5 Å². The van der Waals surface area contributed by atoms with Crippen LogP contribution in [0.5, 0.6) is 5.75 Å². The molecule has 2 aromatic rings. The van der Waals surface area contributed by atoms with E-state index in [0.717, 1.165) is 5.69 Å². The molecule has 4 rings (SSSR count). The Morgan fingerprint density at radius 1 is 1.12 bits per heavy atom. The molecule has 2 aliphatic rings. The van der Waals surface area contributed by atoms with Gasteiger partial charge in [0.15, 0.2) is 5.75 Å². The highest BCUT2D eigenvalue weighted by molar-refractivity contribution is 9.10. The SMILES string of the molecule is CC(Oc1c(NC(=O)OC(C)(C)C)cc(C2CN(C(=O)OC(C)(C)C)C2)nc1Br)c1c(N2CCOCC2)ccnc1Cl. The van der Waals surface area contributed by atoms with E-state index in [1.807, 2.05) is 33.8 Å². The standard InChI is InChI=1S/C29H39BrClN5O6/c1-17(22-21(8-9-32-25(22)31)35-10-12-39-13-11-35)40-23-20(34-26(37)41-28(2,3)4)14-19(33-24(23)30)18-15-36(16-18)27(38)42-29(5,6)7/h8-9,14,17-18H,10-13,15-16H2,1-7H3,(H,33,34,37). The Labute approximate surface area is 260 Å². The first-order valence-electron chi connectivity index (χ1n) is 13.9. The lowest BCUT2D eigenvalue weighted by atomic mass is 9.96. The van der Waals surface area contributed by atoms with E-state index in [1.165, 1.54) is 0 Å². The molecule has 4 heterocycles. The molecule has 0 bridgehead atoms. The van der Waals surface area contributed by atoms with Gasteiger partial charge in [0.05, 0.1) is 30.2 Å². The highest BCUT2D eigenvalue weighted by atomic mass is 79.9. The van der Waals surface area contributed by atoms with E-state index in [-0.39, 0.29) is 12.0 Å². The number of nitrogens with one attached hydrogen (secondary N) is 1. The number of anilines is 2. The fourth-order valence-corrected chi connectivity index (χ4v) is 5.44. The lowest BCUT2D eigenvalue weighted by Gasteiger charge is -2.39. The van der Waals surface area contributed by atoms with Crippen molar-refractivity contribution in [2.24, 2.45) is 0 Å². The van der Waals surface area contributed by atoms with Crippen molar-refractivity contribution in [2.45, 2.75) is 71.7 Å². The number of ether oxygens (including phenoxy) is 4. The molecule has 1 N–H and O–H groups in total. The topological polar surface area (TPSA) is 115 Å². The summed E-state index contributed by atoms with van der Waals surface area (Å²) in [5, 5.41) is 3.15. The summed E-state index contributed by atoms with van der Waals surface area (Å²) in [6.45, 7) is 16.3. The Balaban J connectivity index is 1.61. The van der Waals surface area contributed by atoms with Gasteiger partial charge in [-0.05, 0) is 76.5 Å². The molecule has 1 atom stereocenters. The normalized spacial score (nSPS) is 16.9. The summed E-state index contributed by atoms with van der Waals surface area (Å²) in [7, 11) is 0. The Hall–Kier alpha value is -2.83. The summed E-state index contributed by atoms with van der Waals surface area (Å²) in [5.74, 6) is 0.258. The van der Waals surface area contributed by atoms with Gasteiger partial charge in [0.1, 0.15) is 27.1 Å². The molecule has 0 aromatic carbocycles. The predicted octanol–water partition coefficient (Wildman–Crippen LogP) is 6.55. The molecule has 230 valence electrons. The van der Waals surface area contributed by atoms with Crippen LogP contribution in [0.2, 0.25) is 5.15 Å². The van der Waals surface area contributed by atoms with E-state index < -0.39 is 23.4 Å². The second kappa shape index (κ2) is 12.8. The molecule has 2 amide bonds. The summed E-state index contributed by atoms with van der Waals surface area (Å²) in [6.07, 6.45) is 0.104. The minimum absolute atomic E-state index is 0.0554. The van der Waals surface area contributed by atoms with Gasteiger partial charge in [-0.15, -0.1) is 0 Å². The first-order valence-corrected chi connectivity index (χ1v) is 15.1. The lowest BCUT2D eigenvalue weighted by molar-refractivity contribution is 0.00784. The van der Waals surface area contributed by atoms with Gasteiger partial charge in [-0.2, -0.15) is 0 Å². The maximum Gasteiger partial charge on any atom is 0.412 e. The van der Waals surface area contributed by atoms with Crippen LogP contribution in [0.3, 0.4) is 0 Å². The molecular formula is C29H39BrClN5O6. The van der Waals surface area contributed by atoms with Crippen LogP contribution in [0.1, 0.15) is 71.7 Å². The van der Waals surface area contributed by atoms with Gasteiger partial charge >= 0.3 is 12.2 Å². The first kappa shape index (κ1) is 32.1. The van der Waals surface area contributed by atoms with Crippen LogP contribution in [-0.4, -0.2) is 77.6 Å². The summed E-state index contributed by atoms with van der Waals surface area (Å²) in [4.78, 5) is 38.2. The number of rotatable bonds is 6. The molecular weight excluding hydrogens is 630 g/mol. The average Bonchev–Trinajstić information content (AvgIpc) is 2.83. The molecule has 11 nitrogen and oxygen atoms in total. The number of morpholine rings is 1. The maximum absolute atomic E-state index is 12.9. The van der Waals surface area contributed by atoms with Crippen molar-refractivity contribution in [1.82, 2.24) is 14.9 Å². The third kappa shape index (κ3) is 8.17. The highest BCUT2D eigenvalue weighted by Crippen LogP contribution is 2.42. The first-order chi connectivity index (χ1) is 19.6. The summed E-state index contributed by atoms with van der Waals surface area (Å²) >= 11 is 10.2. The lowest BCUT2D eigenvalue weighted by Crippen LogP contribution is -2.50. The minimum atomic E-state index is -0.705. The van der Waals surface area contributed by atoms with Crippen LogP contribution in [0.15, 0.2) is 22.9 Å². The van der Waals surface area contributed by atoms with Gasteiger partial charge in [0, 0.05) is 44.0 Å². The average molecular weight is 669 g/mol. The van der Waals surface area contributed by atoms with E-state index in [0.29, 0.717) is 71.8 Å². The number of amides is 2. The van der Waals surface area contributed by atoms with Crippen molar-refractivity contribution in [3.63, 3.8) is 0 Å². The number of nitrogens with zero attached hydrogens (tertiary/aromatic N) is 4. The molecule has 42 heavy (non-hydrogen) atoms. The minimum Gasteiger partial charge on any atom is -0.481 e. The fourth-order valence-electron chi connectivity index (χ4n) is 4.62. The Morgan fingerprint density at radius 3 is 2.38 bits per heavy atom. The Kier molecular flexibility index (Phi) is 9.79. The molecule has 2 aromatic heterocycles. The monoisotopic (exact) mass is 667 g/mol. The van der Waals surface area contributed by atoms with Crippen LogP contribution in [0.4, 0.5) is 21.0 Å². The number of hydrogen-bond donors (Lipinski definition) is 1. The second-order valence-corrected chi connectivity index (χ2v) is 13.4. The zero-order valence-electron chi connectivity index (χ0n) is 25.1. The van der Waals surface area contributed by atoms with Gasteiger partial charge in [-0.25, -0.2) is 19.6 Å². The second-order valence-electron chi connectivity index (χ2n) is 12.3. The van der Waals surface area contributed by atoms with Crippen LogP contribution in [0, 0.1) is 0 Å². The molecule has 0 radical (unpaired) electrons. The fraction of sp³-hybridized carbons (Fsp3) is 0.586. The number of aromatic nitrogens is 2. The van der Waals surface area contributed by atoms with Gasteiger partial charge in [-0.3, -0.25) is 5.32 Å². The Morgan fingerprint density at radius 2 is 1.76 bits per heavy atom. The highest BCUT2D eigenvalue weighted by Gasteiger charge is 2.36. The van der Waals surface area contributed by atoms with E-state index in [9.17, 15) is 9.59 Å². The third-order valence-electron chi connectivity index (χ3n) is 6.51. The zero-order chi connectivity index (χ0) is 30.8. The van der Waals surface area contributed by atoms with E-state index in [1.54, 1.807) is 37.9 Å². The van der Waals surface area contributed by atoms with Gasteiger partial charge in [-0.1, -0.05) is 11.6 Å². The molecule has 2 saturated heterocycles. The number of pyridine rings is 2. The molecule has 0 saturated carbocycles. The van der Waals surface area contributed by atoms with E-state index in [2.05, 4.69) is 31.1 Å². The summed E-state index contributed by atoms with van der Waals surface area (Å²) in [6, 6.07) is 3.66. The zero-order valence-corrected chi connectivity index (χ0v) is 27.5. The maximum atomic E-state index is 12.9. The van der Waals surface area contributed by atoms with Crippen molar-refractivity contribution >= 4 is 51.1 Å². The van der Waals surface area contributed by atoms with Crippen LogP contribution in [-0.2, 0) is 14.2 Å². The van der Waals surface area contributed by atoms with Gasteiger partial charge < -0.3 is 28.7 Å². The van der Waals surface area contributed by atoms with Crippen LogP contribution in [0.25, 0.3) is 0 Å². The number of likely N-dealkylation sites (tertiary alicyclic amines) is 1. The molecule has 0 aliphatic carbocycles. The van der Waals surface area contributed by atoms with Crippen molar-refractivity contribution in [3.8, 4) is 5.75 Å². The molecule has 13 heteroatoms. The van der Waals surface area contributed by atoms with Crippen molar-refractivity contribution in [3.05, 3.63) is 39.3 Å². The molecule has 2 aliphatic heterocycles. The summed E-state index contributed by atoms with van der Waals surface area (Å²) in [5.41, 5.74) is 1.39. The van der Waals surface area contributed by atoms with Crippen LogP contribution >= 0.6 is 27.5 Å². The van der Waals surface area contributed by atoms with Gasteiger partial charge in [0.2, 0.25) is 0 Å². The van der Waals surface area contributed by atoms with Crippen molar-refractivity contribution in [2.75, 3.05) is 49.6 Å². The van der Waals surface area contributed by atoms with Crippen molar-refractivity contribution < 1.29 is 28.5 Å². The number of hydrogen-bond acceptors (Lipinski definition) is 9. The quantitative estimate of drug-likeness (QED) is 0.342. The van der Waals surface area contributed by atoms with E-state index >= 15 is 0 Å². The smallest absolute Gasteiger partial charge is 0.412 e. The number of carbonyl (C=O) groups is 2. The molecule has 0 spiro atoms. The predicted molar refractivity (Wildman–Crippen MR) is 164 cm³/mol. The summed E-state index contributed by atoms with van der Waals surface area (Å²) < 4.78 is 23.4. The number of carbonyl (C=O) groups excluding carboxylic acids is 2. The molecule has 2 fully saturated rings. The van der Waals surface area contributed by atoms with Gasteiger partial charge in [0.25, 0.3) is 0 Å². The Bertz CT molecular complexity index is 1300. The van der Waals surface area contributed by atoms with Crippen molar-refractivity contribution in [1.29, 1.82) is 0 Å². The number of halogens is 2. The largest absolute Gasteiger partial charge is 0.481 e. The molecule has 1 unspecified atom stereocenters. The van der Waals surface area contributed by atoms with Crippen LogP contribution < -0.4 is 15.0 Å². The third-order valence-corrected chi connectivity index (χ3v) is 7.35.